The molecule has 28 heavy (non-hydrogen) atoms. The van der Waals surface area contributed by atoms with E-state index in [2.05, 4.69) is 5.32 Å². The normalized spacial score (nSPS) is 29.2. The standard InChI is InChI=1S/C23H40N2O3/c1-18(26)24-21-11-12-22(28-17-21)23(27)25-15-13-20(14-16-25)19-9-7-5-3-2-4-6-8-10-19/h19-22H,2-17H2,1H3,(H,24,26). The third-order valence-electron chi connectivity index (χ3n) is 7.13. The Kier molecular flexibility index (Phi) is 8.63. The molecule has 0 radical (unpaired) electrons. The second-order valence-electron chi connectivity index (χ2n) is 9.27. The molecule has 2 heterocycles. The number of rotatable bonds is 3. The van der Waals surface area contributed by atoms with Gasteiger partial charge in [0.05, 0.1) is 12.6 Å². The first-order valence-corrected chi connectivity index (χ1v) is 11.8. The van der Waals surface area contributed by atoms with Gasteiger partial charge >= 0.3 is 0 Å². The van der Waals surface area contributed by atoms with Crippen LogP contribution in [-0.2, 0) is 14.3 Å². The molecule has 0 aromatic heterocycles. The number of nitrogens with zero attached hydrogens (tertiary/aromatic N) is 1. The van der Waals surface area contributed by atoms with Crippen molar-refractivity contribution in [1.82, 2.24) is 10.2 Å². The zero-order chi connectivity index (χ0) is 19.8. The predicted octanol–water partition coefficient (Wildman–Crippen LogP) is 4.05. The molecule has 3 aliphatic rings. The molecule has 1 aliphatic carbocycles. The quantitative estimate of drug-likeness (QED) is 0.788. The van der Waals surface area contributed by atoms with E-state index in [9.17, 15) is 9.59 Å². The van der Waals surface area contributed by atoms with Crippen LogP contribution >= 0.6 is 0 Å². The Labute approximate surface area is 170 Å². The van der Waals surface area contributed by atoms with Crippen LogP contribution in [0.2, 0.25) is 0 Å². The van der Waals surface area contributed by atoms with Crippen LogP contribution in [0.25, 0.3) is 0 Å². The van der Waals surface area contributed by atoms with Gasteiger partial charge in [-0.1, -0.05) is 57.8 Å². The fourth-order valence-corrected chi connectivity index (χ4v) is 5.46. The Balaban J connectivity index is 1.41. The summed E-state index contributed by atoms with van der Waals surface area (Å²) in [6.07, 6.45) is 16.2. The number of hydrogen-bond acceptors (Lipinski definition) is 3. The minimum absolute atomic E-state index is 0.0269. The molecule has 5 nitrogen and oxygen atoms in total. The van der Waals surface area contributed by atoms with Gasteiger partial charge in [-0.15, -0.1) is 0 Å². The first-order chi connectivity index (χ1) is 13.6. The molecular formula is C23H40N2O3. The van der Waals surface area contributed by atoms with Crippen molar-refractivity contribution >= 4 is 11.8 Å². The Morgan fingerprint density at radius 3 is 1.89 bits per heavy atom. The number of likely N-dealkylation sites (tertiary alicyclic amines) is 1. The lowest BCUT2D eigenvalue weighted by molar-refractivity contribution is -0.149. The van der Waals surface area contributed by atoms with Crippen LogP contribution in [-0.4, -0.2) is 48.6 Å². The molecule has 1 saturated carbocycles. The Bertz CT molecular complexity index is 484. The number of nitrogens with one attached hydrogen (secondary N) is 1. The number of amides is 2. The average molecular weight is 393 g/mol. The highest BCUT2D eigenvalue weighted by Gasteiger charge is 2.34. The molecule has 3 fully saturated rings. The Morgan fingerprint density at radius 1 is 0.786 bits per heavy atom. The van der Waals surface area contributed by atoms with Gasteiger partial charge in [0.1, 0.15) is 6.10 Å². The van der Waals surface area contributed by atoms with Crippen molar-refractivity contribution in [1.29, 1.82) is 0 Å². The summed E-state index contributed by atoms with van der Waals surface area (Å²) in [6, 6.07) is 0.0554. The lowest BCUT2D eigenvalue weighted by atomic mass is 9.78. The lowest BCUT2D eigenvalue weighted by Crippen LogP contribution is -2.50. The summed E-state index contributed by atoms with van der Waals surface area (Å²) in [5, 5.41) is 2.89. The Morgan fingerprint density at radius 2 is 1.36 bits per heavy atom. The van der Waals surface area contributed by atoms with Crippen LogP contribution < -0.4 is 5.32 Å². The van der Waals surface area contributed by atoms with E-state index >= 15 is 0 Å². The summed E-state index contributed by atoms with van der Waals surface area (Å²) in [4.78, 5) is 26.1. The average Bonchev–Trinajstić information content (AvgIpc) is 2.72. The molecule has 2 aliphatic heterocycles. The molecule has 3 rings (SSSR count). The number of carbonyl (C=O) groups excluding carboxylic acids is 2. The van der Waals surface area contributed by atoms with E-state index in [1.54, 1.807) is 0 Å². The van der Waals surface area contributed by atoms with E-state index in [1.165, 1.54) is 64.7 Å². The maximum absolute atomic E-state index is 12.9. The van der Waals surface area contributed by atoms with Gasteiger partial charge in [-0.3, -0.25) is 9.59 Å². The minimum atomic E-state index is -0.310. The fraction of sp³-hybridized carbons (Fsp3) is 0.913. The molecule has 2 amide bonds. The summed E-state index contributed by atoms with van der Waals surface area (Å²) in [5.41, 5.74) is 0. The Hall–Kier alpha value is -1.10. The summed E-state index contributed by atoms with van der Waals surface area (Å²) < 4.78 is 5.80. The van der Waals surface area contributed by atoms with Crippen molar-refractivity contribution in [3.8, 4) is 0 Å². The molecule has 0 aromatic carbocycles. The molecule has 0 spiro atoms. The van der Waals surface area contributed by atoms with Crippen molar-refractivity contribution < 1.29 is 14.3 Å². The third kappa shape index (κ3) is 6.47. The molecule has 5 heteroatoms. The van der Waals surface area contributed by atoms with Gasteiger partial charge in [-0.05, 0) is 37.5 Å². The molecule has 160 valence electrons. The molecule has 1 N–H and O–H groups in total. The molecule has 2 saturated heterocycles. The summed E-state index contributed by atoms with van der Waals surface area (Å²) in [7, 11) is 0. The van der Waals surface area contributed by atoms with Gasteiger partial charge in [-0.25, -0.2) is 0 Å². The first-order valence-electron chi connectivity index (χ1n) is 11.8. The van der Waals surface area contributed by atoms with E-state index in [0.717, 1.165) is 44.2 Å². The van der Waals surface area contributed by atoms with Crippen molar-refractivity contribution in [3.05, 3.63) is 0 Å². The van der Waals surface area contributed by atoms with Crippen LogP contribution in [0.1, 0.15) is 90.4 Å². The topological polar surface area (TPSA) is 58.6 Å². The largest absolute Gasteiger partial charge is 0.366 e. The van der Waals surface area contributed by atoms with Crippen molar-refractivity contribution in [2.45, 2.75) is 103 Å². The van der Waals surface area contributed by atoms with E-state index < -0.39 is 0 Å². The summed E-state index contributed by atoms with van der Waals surface area (Å²) in [5.74, 6) is 1.83. The van der Waals surface area contributed by atoms with E-state index in [-0.39, 0.29) is 24.0 Å². The monoisotopic (exact) mass is 392 g/mol. The number of carbonyl (C=O) groups is 2. The third-order valence-corrected chi connectivity index (χ3v) is 7.13. The van der Waals surface area contributed by atoms with Gasteiger partial charge in [0.2, 0.25) is 5.91 Å². The van der Waals surface area contributed by atoms with Gasteiger partial charge in [-0.2, -0.15) is 0 Å². The predicted molar refractivity (Wildman–Crippen MR) is 111 cm³/mol. The molecule has 2 atom stereocenters. The van der Waals surface area contributed by atoms with E-state index in [4.69, 9.17) is 4.74 Å². The highest BCUT2D eigenvalue weighted by Crippen LogP contribution is 2.34. The van der Waals surface area contributed by atoms with E-state index in [1.807, 2.05) is 4.90 Å². The van der Waals surface area contributed by atoms with Crippen molar-refractivity contribution in [2.75, 3.05) is 19.7 Å². The maximum Gasteiger partial charge on any atom is 0.251 e. The van der Waals surface area contributed by atoms with Crippen LogP contribution in [0.4, 0.5) is 0 Å². The second-order valence-corrected chi connectivity index (χ2v) is 9.27. The number of ether oxygens (including phenoxy) is 1. The maximum atomic E-state index is 12.9. The SMILES string of the molecule is CC(=O)NC1CCC(C(=O)N2CCC(C3CCCCCCCCC3)CC2)OC1. The molecule has 0 aromatic rings. The highest BCUT2D eigenvalue weighted by atomic mass is 16.5. The zero-order valence-electron chi connectivity index (χ0n) is 17.8. The highest BCUT2D eigenvalue weighted by molar-refractivity contribution is 5.81. The second kappa shape index (κ2) is 11.2. The number of hydrogen-bond donors (Lipinski definition) is 1. The smallest absolute Gasteiger partial charge is 0.251 e. The van der Waals surface area contributed by atoms with Crippen LogP contribution in [0, 0.1) is 11.8 Å². The summed E-state index contributed by atoms with van der Waals surface area (Å²) >= 11 is 0. The van der Waals surface area contributed by atoms with Crippen LogP contribution in [0.5, 0.6) is 0 Å². The fourth-order valence-electron chi connectivity index (χ4n) is 5.46. The van der Waals surface area contributed by atoms with Crippen molar-refractivity contribution in [3.63, 3.8) is 0 Å². The van der Waals surface area contributed by atoms with Gasteiger partial charge in [0, 0.05) is 20.0 Å². The minimum Gasteiger partial charge on any atom is -0.366 e. The molecule has 0 bridgehead atoms. The van der Waals surface area contributed by atoms with Crippen LogP contribution in [0.15, 0.2) is 0 Å². The first kappa shape index (κ1) is 21.6. The summed E-state index contributed by atoms with van der Waals surface area (Å²) in [6.45, 7) is 3.78. The van der Waals surface area contributed by atoms with Crippen LogP contribution in [0.3, 0.4) is 0 Å². The zero-order valence-corrected chi connectivity index (χ0v) is 17.8. The number of piperidine rings is 1. The molecular weight excluding hydrogens is 352 g/mol. The van der Waals surface area contributed by atoms with Gasteiger partial charge < -0.3 is 15.0 Å². The molecule has 2 unspecified atom stereocenters. The van der Waals surface area contributed by atoms with Gasteiger partial charge in [0.15, 0.2) is 0 Å². The van der Waals surface area contributed by atoms with E-state index in [0.29, 0.717) is 13.0 Å². The van der Waals surface area contributed by atoms with Crippen molar-refractivity contribution in [2.24, 2.45) is 11.8 Å². The lowest BCUT2D eigenvalue weighted by Gasteiger charge is -2.39. The van der Waals surface area contributed by atoms with Gasteiger partial charge in [0.25, 0.3) is 5.91 Å².